The molecule has 1 saturated carbocycles. The van der Waals surface area contributed by atoms with Crippen molar-refractivity contribution in [1.29, 1.82) is 0 Å². The summed E-state index contributed by atoms with van der Waals surface area (Å²) in [5, 5.41) is 3.16. The number of hydrogen-bond acceptors (Lipinski definition) is 1. The molecule has 1 amide bonds. The molecule has 0 bridgehead atoms. The standard InChI is InChI=1S/C15H29NO/c1-11(2)14(17)16-13-8-6-12(7-9-13)10-15(3,4)5/h11-13H,6-10H2,1-5H3,(H,16,17)/t12-,13-. The van der Waals surface area contributed by atoms with Gasteiger partial charge in [0.1, 0.15) is 0 Å². The summed E-state index contributed by atoms with van der Waals surface area (Å²) >= 11 is 0. The number of carbonyl (C=O) groups excluding carboxylic acids is 1. The van der Waals surface area contributed by atoms with Gasteiger partial charge in [-0.25, -0.2) is 0 Å². The summed E-state index contributed by atoms with van der Waals surface area (Å²) in [4.78, 5) is 11.6. The fourth-order valence-corrected chi connectivity index (χ4v) is 2.74. The molecule has 0 unspecified atom stereocenters. The number of nitrogens with one attached hydrogen (secondary N) is 1. The van der Waals surface area contributed by atoms with E-state index in [0.29, 0.717) is 11.5 Å². The van der Waals surface area contributed by atoms with Crippen LogP contribution in [0.3, 0.4) is 0 Å². The first-order valence-electron chi connectivity index (χ1n) is 7.08. The topological polar surface area (TPSA) is 29.1 Å². The number of hydrogen-bond donors (Lipinski definition) is 1. The van der Waals surface area contributed by atoms with Gasteiger partial charge in [0.25, 0.3) is 0 Å². The van der Waals surface area contributed by atoms with Crippen LogP contribution in [0.1, 0.15) is 66.7 Å². The van der Waals surface area contributed by atoms with Gasteiger partial charge in [-0.1, -0.05) is 34.6 Å². The normalized spacial score (nSPS) is 26.0. The number of rotatable bonds is 3. The van der Waals surface area contributed by atoms with Gasteiger partial charge in [-0.05, 0) is 43.4 Å². The van der Waals surface area contributed by atoms with Crippen molar-refractivity contribution < 1.29 is 4.79 Å². The van der Waals surface area contributed by atoms with E-state index in [1.807, 2.05) is 13.8 Å². The summed E-state index contributed by atoms with van der Waals surface area (Å²) in [6.45, 7) is 10.9. The molecule has 17 heavy (non-hydrogen) atoms. The van der Waals surface area contributed by atoms with Crippen molar-refractivity contribution in [2.24, 2.45) is 17.3 Å². The second kappa shape index (κ2) is 5.88. The van der Waals surface area contributed by atoms with Crippen LogP contribution in [0.25, 0.3) is 0 Å². The van der Waals surface area contributed by atoms with Crippen molar-refractivity contribution in [2.75, 3.05) is 0 Å². The molecule has 0 heterocycles. The Hall–Kier alpha value is -0.530. The molecule has 100 valence electrons. The minimum absolute atomic E-state index is 0.113. The van der Waals surface area contributed by atoms with Gasteiger partial charge in [-0.3, -0.25) is 4.79 Å². The molecule has 1 aliphatic rings. The highest BCUT2D eigenvalue weighted by molar-refractivity contribution is 5.78. The molecule has 0 spiro atoms. The molecule has 0 aliphatic heterocycles. The van der Waals surface area contributed by atoms with Crippen LogP contribution in [0.4, 0.5) is 0 Å². The molecule has 0 aromatic rings. The number of amides is 1. The maximum atomic E-state index is 11.6. The second-order valence-electron chi connectivity index (χ2n) is 7.15. The van der Waals surface area contributed by atoms with Gasteiger partial charge >= 0.3 is 0 Å². The van der Waals surface area contributed by atoms with E-state index in [1.165, 1.54) is 32.1 Å². The van der Waals surface area contributed by atoms with Crippen LogP contribution in [-0.2, 0) is 4.79 Å². The van der Waals surface area contributed by atoms with E-state index in [0.717, 1.165) is 5.92 Å². The van der Waals surface area contributed by atoms with Crippen molar-refractivity contribution in [1.82, 2.24) is 5.32 Å². The maximum absolute atomic E-state index is 11.6. The zero-order chi connectivity index (χ0) is 13.1. The van der Waals surface area contributed by atoms with Gasteiger partial charge in [0.05, 0.1) is 0 Å². The van der Waals surface area contributed by atoms with Crippen molar-refractivity contribution in [2.45, 2.75) is 72.8 Å². The van der Waals surface area contributed by atoms with Crippen LogP contribution in [0.5, 0.6) is 0 Å². The Morgan fingerprint density at radius 3 is 2.12 bits per heavy atom. The van der Waals surface area contributed by atoms with Crippen LogP contribution in [-0.4, -0.2) is 11.9 Å². The third-order valence-corrected chi connectivity index (χ3v) is 3.62. The van der Waals surface area contributed by atoms with Crippen molar-refractivity contribution in [3.05, 3.63) is 0 Å². The minimum atomic E-state index is 0.113. The summed E-state index contributed by atoms with van der Waals surface area (Å²) < 4.78 is 0. The lowest BCUT2D eigenvalue weighted by Crippen LogP contribution is -2.40. The van der Waals surface area contributed by atoms with E-state index in [-0.39, 0.29) is 11.8 Å². The molecule has 1 rings (SSSR count). The Morgan fingerprint density at radius 1 is 1.18 bits per heavy atom. The van der Waals surface area contributed by atoms with Crippen molar-refractivity contribution in [3.63, 3.8) is 0 Å². The molecule has 0 radical (unpaired) electrons. The van der Waals surface area contributed by atoms with Gasteiger partial charge < -0.3 is 5.32 Å². The third-order valence-electron chi connectivity index (χ3n) is 3.62. The maximum Gasteiger partial charge on any atom is 0.222 e. The molecule has 1 fully saturated rings. The Bertz CT molecular complexity index is 244. The van der Waals surface area contributed by atoms with E-state index < -0.39 is 0 Å². The molecule has 2 heteroatoms. The predicted molar refractivity (Wildman–Crippen MR) is 72.8 cm³/mol. The van der Waals surface area contributed by atoms with Crippen LogP contribution in [0.2, 0.25) is 0 Å². The Balaban J connectivity index is 2.29. The molecule has 0 aromatic carbocycles. The molecular weight excluding hydrogens is 210 g/mol. The highest BCUT2D eigenvalue weighted by Crippen LogP contribution is 2.34. The lowest BCUT2D eigenvalue weighted by molar-refractivity contribution is -0.125. The Labute approximate surface area is 107 Å². The van der Waals surface area contributed by atoms with Crippen LogP contribution >= 0.6 is 0 Å². The van der Waals surface area contributed by atoms with Gasteiger partial charge in [-0.15, -0.1) is 0 Å². The van der Waals surface area contributed by atoms with Crippen LogP contribution in [0, 0.1) is 17.3 Å². The molecule has 2 nitrogen and oxygen atoms in total. The van der Waals surface area contributed by atoms with Gasteiger partial charge in [0.15, 0.2) is 0 Å². The first kappa shape index (κ1) is 14.5. The highest BCUT2D eigenvalue weighted by Gasteiger charge is 2.26. The molecular formula is C15H29NO. The Morgan fingerprint density at radius 2 is 1.71 bits per heavy atom. The average Bonchev–Trinajstić information content (AvgIpc) is 2.18. The quantitative estimate of drug-likeness (QED) is 0.798. The fraction of sp³-hybridized carbons (Fsp3) is 0.933. The largest absolute Gasteiger partial charge is 0.353 e. The third kappa shape index (κ3) is 5.56. The monoisotopic (exact) mass is 239 g/mol. The van der Waals surface area contributed by atoms with Crippen molar-refractivity contribution in [3.8, 4) is 0 Å². The van der Waals surface area contributed by atoms with E-state index in [1.54, 1.807) is 0 Å². The highest BCUT2D eigenvalue weighted by atomic mass is 16.1. The first-order valence-corrected chi connectivity index (χ1v) is 7.08. The smallest absolute Gasteiger partial charge is 0.222 e. The van der Waals surface area contributed by atoms with E-state index in [2.05, 4.69) is 26.1 Å². The van der Waals surface area contributed by atoms with E-state index in [9.17, 15) is 4.79 Å². The van der Waals surface area contributed by atoms with Crippen LogP contribution in [0.15, 0.2) is 0 Å². The summed E-state index contributed by atoms with van der Waals surface area (Å²) in [6.07, 6.45) is 6.21. The van der Waals surface area contributed by atoms with E-state index in [4.69, 9.17) is 0 Å². The molecule has 0 atom stereocenters. The van der Waals surface area contributed by atoms with Gasteiger partial charge in [0, 0.05) is 12.0 Å². The second-order valence-corrected chi connectivity index (χ2v) is 7.15. The van der Waals surface area contributed by atoms with E-state index >= 15 is 0 Å². The minimum Gasteiger partial charge on any atom is -0.353 e. The number of carbonyl (C=O) groups is 1. The summed E-state index contributed by atoms with van der Waals surface area (Å²) in [6, 6.07) is 0.432. The molecule has 1 N–H and O–H groups in total. The molecule has 0 aromatic heterocycles. The van der Waals surface area contributed by atoms with Gasteiger partial charge in [0.2, 0.25) is 5.91 Å². The lowest BCUT2D eigenvalue weighted by atomic mass is 9.76. The van der Waals surface area contributed by atoms with Gasteiger partial charge in [-0.2, -0.15) is 0 Å². The van der Waals surface area contributed by atoms with Crippen LogP contribution < -0.4 is 5.32 Å². The predicted octanol–water partition coefficient (Wildman–Crippen LogP) is 3.75. The average molecular weight is 239 g/mol. The fourth-order valence-electron chi connectivity index (χ4n) is 2.74. The SMILES string of the molecule is CC(C)C(=O)N[C@H]1CC[C@H](CC(C)(C)C)CC1. The first-order chi connectivity index (χ1) is 7.78. The zero-order valence-electron chi connectivity index (χ0n) is 12.2. The Kier molecular flexibility index (Phi) is 5.03. The van der Waals surface area contributed by atoms with Crippen molar-refractivity contribution >= 4 is 5.91 Å². The lowest BCUT2D eigenvalue weighted by Gasteiger charge is -2.33. The summed E-state index contributed by atoms with van der Waals surface area (Å²) in [7, 11) is 0. The molecule has 0 saturated heterocycles. The molecule has 1 aliphatic carbocycles. The summed E-state index contributed by atoms with van der Waals surface area (Å²) in [5.74, 6) is 1.19. The summed E-state index contributed by atoms with van der Waals surface area (Å²) in [5.41, 5.74) is 0.443. The zero-order valence-corrected chi connectivity index (χ0v) is 12.2.